The van der Waals surface area contributed by atoms with Crippen LogP contribution < -0.4 is 0 Å². The Bertz CT molecular complexity index is 529. The number of hydrogen-bond donors (Lipinski definition) is 3. The van der Waals surface area contributed by atoms with E-state index < -0.39 is 17.9 Å². The SMILES string of the molecule is O=CCN1CCN(CC(=O)O)CCN(CCCCC(=O)O)CCN(CC(=O)O)CC1. The molecular formula is C19H34N4O7. The Kier molecular flexibility index (Phi) is 12.8. The number of carbonyl (C=O) groups excluding carboxylic acids is 1. The maximum atomic E-state index is 11.2. The van der Waals surface area contributed by atoms with Crippen molar-refractivity contribution in [2.75, 3.05) is 78.5 Å². The molecule has 1 fully saturated rings. The van der Waals surface area contributed by atoms with Crippen LogP contribution in [0.1, 0.15) is 19.3 Å². The van der Waals surface area contributed by atoms with Gasteiger partial charge in [-0.3, -0.25) is 29.1 Å². The Labute approximate surface area is 176 Å². The molecule has 0 saturated carbocycles. The van der Waals surface area contributed by atoms with Gasteiger partial charge in [0.1, 0.15) is 6.29 Å². The molecule has 1 aliphatic heterocycles. The van der Waals surface area contributed by atoms with Crippen LogP contribution in [0.3, 0.4) is 0 Å². The molecule has 0 atom stereocenters. The summed E-state index contributed by atoms with van der Waals surface area (Å²) in [6, 6.07) is 0. The van der Waals surface area contributed by atoms with Crippen LogP contribution in [0, 0.1) is 0 Å². The Hall–Kier alpha value is -2.08. The highest BCUT2D eigenvalue weighted by Crippen LogP contribution is 2.04. The van der Waals surface area contributed by atoms with E-state index in [4.69, 9.17) is 5.11 Å². The van der Waals surface area contributed by atoms with Crippen LogP contribution in [-0.2, 0) is 19.2 Å². The molecule has 11 heteroatoms. The molecule has 0 aromatic carbocycles. The predicted octanol–water partition coefficient (Wildman–Crippen LogP) is -1.17. The first kappa shape index (κ1) is 26.0. The number of nitrogens with zero attached hydrogens (tertiary/aromatic N) is 4. The lowest BCUT2D eigenvalue weighted by molar-refractivity contribution is -0.139. The van der Waals surface area contributed by atoms with E-state index in [9.17, 15) is 29.4 Å². The maximum Gasteiger partial charge on any atom is 0.317 e. The molecule has 0 unspecified atom stereocenters. The lowest BCUT2D eigenvalue weighted by atomic mass is 10.2. The number of unbranched alkanes of at least 4 members (excludes halogenated alkanes) is 1. The third-order valence-electron chi connectivity index (χ3n) is 5.10. The van der Waals surface area contributed by atoms with E-state index in [1.807, 2.05) is 14.7 Å². The van der Waals surface area contributed by atoms with E-state index in [1.54, 1.807) is 0 Å². The second kappa shape index (κ2) is 14.8. The minimum Gasteiger partial charge on any atom is -0.481 e. The average molecular weight is 431 g/mol. The molecular weight excluding hydrogens is 396 g/mol. The fourth-order valence-corrected chi connectivity index (χ4v) is 3.40. The van der Waals surface area contributed by atoms with E-state index in [2.05, 4.69) is 4.90 Å². The number of rotatable bonds is 11. The van der Waals surface area contributed by atoms with Gasteiger partial charge in [-0.2, -0.15) is 0 Å². The first-order valence-electron chi connectivity index (χ1n) is 10.3. The highest BCUT2D eigenvalue weighted by Gasteiger charge is 2.18. The number of hydrogen-bond acceptors (Lipinski definition) is 8. The summed E-state index contributed by atoms with van der Waals surface area (Å²) in [6.45, 7) is 5.00. The van der Waals surface area contributed by atoms with Crippen molar-refractivity contribution in [1.29, 1.82) is 0 Å². The Morgan fingerprint density at radius 1 is 0.633 bits per heavy atom. The summed E-state index contributed by atoms with van der Waals surface area (Å²) >= 11 is 0. The van der Waals surface area contributed by atoms with E-state index in [0.29, 0.717) is 71.7 Å². The van der Waals surface area contributed by atoms with E-state index in [0.717, 1.165) is 6.29 Å². The largest absolute Gasteiger partial charge is 0.481 e. The van der Waals surface area contributed by atoms with Crippen LogP contribution in [0.4, 0.5) is 0 Å². The zero-order valence-corrected chi connectivity index (χ0v) is 17.4. The molecule has 1 saturated heterocycles. The molecule has 0 spiro atoms. The van der Waals surface area contributed by atoms with Crippen LogP contribution in [0.5, 0.6) is 0 Å². The summed E-state index contributed by atoms with van der Waals surface area (Å²) in [4.78, 5) is 51.8. The summed E-state index contributed by atoms with van der Waals surface area (Å²) in [6.07, 6.45) is 2.17. The normalized spacial score (nSPS) is 18.9. The van der Waals surface area contributed by atoms with E-state index >= 15 is 0 Å². The zero-order chi connectivity index (χ0) is 22.4. The third-order valence-corrected chi connectivity index (χ3v) is 5.10. The van der Waals surface area contributed by atoms with Crippen molar-refractivity contribution in [2.45, 2.75) is 19.3 Å². The van der Waals surface area contributed by atoms with Gasteiger partial charge in [-0.25, -0.2) is 0 Å². The molecule has 0 amide bonds. The third kappa shape index (κ3) is 12.5. The number of carboxylic acids is 3. The number of carbonyl (C=O) groups is 4. The standard InChI is InChI=1S/C19H34N4O7/c24-14-13-21-7-11-22(15-18(27)28)9-5-20(4-2-1-3-17(25)26)6-10-23(12-8-21)16-19(29)30/h14H,1-13,15-16H2,(H,25,26)(H,27,28)(H,29,30). The zero-order valence-electron chi connectivity index (χ0n) is 17.4. The second-order valence-electron chi connectivity index (χ2n) is 7.50. The topological polar surface area (TPSA) is 142 Å². The fourth-order valence-electron chi connectivity index (χ4n) is 3.40. The summed E-state index contributed by atoms with van der Waals surface area (Å²) in [7, 11) is 0. The Morgan fingerprint density at radius 2 is 1.07 bits per heavy atom. The summed E-state index contributed by atoms with van der Waals surface area (Å²) in [5.74, 6) is -2.65. The van der Waals surface area contributed by atoms with Crippen LogP contribution in [0.25, 0.3) is 0 Å². The molecule has 30 heavy (non-hydrogen) atoms. The molecule has 0 bridgehead atoms. The van der Waals surface area contributed by atoms with E-state index in [-0.39, 0.29) is 26.1 Å². The monoisotopic (exact) mass is 430 g/mol. The first-order chi connectivity index (χ1) is 14.3. The van der Waals surface area contributed by atoms with Gasteiger partial charge in [0, 0.05) is 58.8 Å². The van der Waals surface area contributed by atoms with Crippen LogP contribution >= 0.6 is 0 Å². The average Bonchev–Trinajstić information content (AvgIpc) is 2.65. The van der Waals surface area contributed by atoms with Gasteiger partial charge in [0.25, 0.3) is 0 Å². The van der Waals surface area contributed by atoms with Gasteiger partial charge in [0.05, 0.1) is 19.6 Å². The van der Waals surface area contributed by atoms with Crippen molar-refractivity contribution < 1.29 is 34.5 Å². The minimum atomic E-state index is -0.912. The van der Waals surface area contributed by atoms with Crippen molar-refractivity contribution >= 4 is 24.2 Å². The summed E-state index contributed by atoms with van der Waals surface area (Å²) in [5.41, 5.74) is 0. The molecule has 0 aliphatic carbocycles. The molecule has 1 rings (SSSR count). The molecule has 0 aromatic rings. The minimum absolute atomic E-state index is 0.0904. The number of aldehydes is 1. The molecule has 1 heterocycles. The predicted molar refractivity (Wildman–Crippen MR) is 109 cm³/mol. The van der Waals surface area contributed by atoms with Gasteiger partial charge in [-0.15, -0.1) is 0 Å². The quantitative estimate of drug-likeness (QED) is 0.270. The molecule has 0 radical (unpaired) electrons. The van der Waals surface area contributed by atoms with Crippen LogP contribution in [-0.4, -0.2) is 138 Å². The highest BCUT2D eigenvalue weighted by atomic mass is 16.4. The molecule has 1 aliphatic rings. The number of carboxylic acid groups (broad SMARTS) is 3. The van der Waals surface area contributed by atoms with Gasteiger partial charge in [-0.1, -0.05) is 0 Å². The van der Waals surface area contributed by atoms with Gasteiger partial charge in [-0.05, 0) is 19.4 Å². The van der Waals surface area contributed by atoms with Gasteiger partial charge >= 0.3 is 17.9 Å². The maximum absolute atomic E-state index is 11.2. The van der Waals surface area contributed by atoms with E-state index in [1.165, 1.54) is 0 Å². The summed E-state index contributed by atoms with van der Waals surface area (Å²) < 4.78 is 0. The van der Waals surface area contributed by atoms with Gasteiger partial charge in [0.15, 0.2) is 0 Å². The molecule has 172 valence electrons. The Morgan fingerprint density at radius 3 is 1.47 bits per heavy atom. The lowest BCUT2D eigenvalue weighted by Gasteiger charge is -2.33. The molecule has 3 N–H and O–H groups in total. The van der Waals surface area contributed by atoms with Crippen LogP contribution in [0.2, 0.25) is 0 Å². The molecule has 11 nitrogen and oxygen atoms in total. The van der Waals surface area contributed by atoms with Crippen molar-refractivity contribution in [3.63, 3.8) is 0 Å². The fraction of sp³-hybridized carbons (Fsp3) is 0.789. The number of aliphatic carboxylic acids is 3. The second-order valence-corrected chi connectivity index (χ2v) is 7.50. The molecule has 0 aromatic heterocycles. The van der Waals surface area contributed by atoms with Crippen LogP contribution in [0.15, 0.2) is 0 Å². The Balaban J connectivity index is 2.80. The van der Waals surface area contributed by atoms with Crippen molar-refractivity contribution in [3.05, 3.63) is 0 Å². The highest BCUT2D eigenvalue weighted by molar-refractivity contribution is 5.69. The smallest absolute Gasteiger partial charge is 0.317 e. The van der Waals surface area contributed by atoms with Gasteiger partial charge < -0.3 is 25.0 Å². The van der Waals surface area contributed by atoms with Crippen molar-refractivity contribution in [2.24, 2.45) is 0 Å². The first-order valence-corrected chi connectivity index (χ1v) is 10.3. The lowest BCUT2D eigenvalue weighted by Crippen LogP contribution is -2.48. The van der Waals surface area contributed by atoms with Crippen molar-refractivity contribution in [3.8, 4) is 0 Å². The summed E-state index contributed by atoms with van der Waals surface area (Å²) in [5, 5.41) is 27.2. The van der Waals surface area contributed by atoms with Gasteiger partial charge in [0.2, 0.25) is 0 Å². The van der Waals surface area contributed by atoms with Crippen molar-refractivity contribution in [1.82, 2.24) is 19.6 Å².